The van der Waals surface area contributed by atoms with Crippen LogP contribution in [0.25, 0.3) is 0 Å². The van der Waals surface area contributed by atoms with Crippen LogP contribution in [0.5, 0.6) is 0 Å². The Labute approximate surface area is 101 Å². The molecule has 1 aromatic carbocycles. The molecule has 1 heterocycles. The monoisotopic (exact) mass is 238 g/mol. The first kappa shape index (κ1) is 13.5. The van der Waals surface area contributed by atoms with Gasteiger partial charge in [-0.3, -0.25) is 0 Å². The number of nitrogens with one attached hydrogen (secondary N) is 1. The van der Waals surface area contributed by atoms with Gasteiger partial charge in [-0.1, -0.05) is 30.3 Å². The molecule has 4 N–H and O–H groups in total. The smallest absolute Gasteiger partial charge is 0.402 e. The first-order chi connectivity index (χ1) is 8.11. The first-order valence-corrected chi connectivity index (χ1v) is 5.49. The van der Waals surface area contributed by atoms with E-state index in [4.69, 9.17) is 14.6 Å². The fourth-order valence-corrected chi connectivity index (χ4v) is 1.75. The molecule has 5 nitrogen and oxygen atoms in total. The Balaban J connectivity index is 0.000000317. The summed E-state index contributed by atoms with van der Waals surface area (Å²) in [6, 6.07) is 10.8. The zero-order chi connectivity index (χ0) is 12.7. The summed E-state index contributed by atoms with van der Waals surface area (Å²) >= 11 is 0. The van der Waals surface area contributed by atoms with E-state index in [0.717, 1.165) is 13.2 Å². The van der Waals surface area contributed by atoms with Crippen molar-refractivity contribution in [3.05, 3.63) is 35.9 Å². The number of rotatable bonds is 1. The van der Waals surface area contributed by atoms with Gasteiger partial charge in [0, 0.05) is 12.6 Å². The minimum atomic E-state index is -1.33. The fraction of sp³-hybridized carbons (Fsp3) is 0.417. The molecule has 1 amide bonds. The van der Waals surface area contributed by atoms with Gasteiger partial charge in [0.1, 0.15) is 0 Å². The van der Waals surface area contributed by atoms with E-state index in [9.17, 15) is 0 Å². The SMILES string of the molecule is CC1NCCOC1c1ccccc1.NC(=O)O. The molecule has 0 radical (unpaired) electrons. The molecule has 94 valence electrons. The van der Waals surface area contributed by atoms with Crippen molar-refractivity contribution >= 4 is 6.09 Å². The molecular formula is C12H18N2O3. The molecule has 0 spiro atoms. The zero-order valence-electron chi connectivity index (χ0n) is 9.80. The summed E-state index contributed by atoms with van der Waals surface area (Å²) in [5.41, 5.74) is 5.29. The van der Waals surface area contributed by atoms with Gasteiger partial charge in [0.15, 0.2) is 0 Å². The number of benzene rings is 1. The van der Waals surface area contributed by atoms with Gasteiger partial charge in [-0.15, -0.1) is 0 Å². The van der Waals surface area contributed by atoms with Crippen LogP contribution in [0.1, 0.15) is 18.6 Å². The van der Waals surface area contributed by atoms with Crippen molar-refractivity contribution in [3.8, 4) is 0 Å². The molecular weight excluding hydrogens is 220 g/mol. The maximum Gasteiger partial charge on any atom is 0.402 e. The van der Waals surface area contributed by atoms with Crippen LogP contribution in [-0.4, -0.2) is 30.4 Å². The molecule has 2 rings (SSSR count). The van der Waals surface area contributed by atoms with Crippen LogP contribution in [0.15, 0.2) is 30.3 Å². The number of nitrogens with two attached hydrogens (primary N) is 1. The summed E-state index contributed by atoms with van der Waals surface area (Å²) in [5, 5.41) is 10.6. The Morgan fingerprint density at radius 2 is 2.06 bits per heavy atom. The first-order valence-electron chi connectivity index (χ1n) is 5.49. The molecule has 2 atom stereocenters. The van der Waals surface area contributed by atoms with Crippen molar-refractivity contribution in [2.45, 2.75) is 19.1 Å². The van der Waals surface area contributed by atoms with E-state index in [-0.39, 0.29) is 6.10 Å². The quantitative estimate of drug-likeness (QED) is 0.689. The molecule has 5 heteroatoms. The van der Waals surface area contributed by atoms with Crippen LogP contribution in [-0.2, 0) is 4.74 Å². The molecule has 0 aromatic heterocycles. The van der Waals surface area contributed by atoms with Crippen LogP contribution in [0.2, 0.25) is 0 Å². The largest absolute Gasteiger partial charge is 0.465 e. The van der Waals surface area contributed by atoms with E-state index >= 15 is 0 Å². The summed E-state index contributed by atoms with van der Waals surface area (Å²) in [4.78, 5) is 8.78. The van der Waals surface area contributed by atoms with E-state index in [1.54, 1.807) is 0 Å². The van der Waals surface area contributed by atoms with Gasteiger partial charge < -0.3 is 20.9 Å². The van der Waals surface area contributed by atoms with Crippen molar-refractivity contribution < 1.29 is 14.6 Å². The lowest BCUT2D eigenvalue weighted by atomic mass is 10.0. The number of carboxylic acid groups (broad SMARTS) is 1. The molecule has 1 saturated heterocycles. The summed E-state index contributed by atoms with van der Waals surface area (Å²) < 4.78 is 5.71. The Bertz CT molecular complexity index is 339. The third kappa shape index (κ3) is 4.84. The summed E-state index contributed by atoms with van der Waals surface area (Å²) in [6.45, 7) is 3.94. The average Bonchev–Trinajstić information content (AvgIpc) is 2.30. The van der Waals surface area contributed by atoms with Crippen LogP contribution in [0, 0.1) is 0 Å². The summed E-state index contributed by atoms with van der Waals surface area (Å²) in [5.74, 6) is 0. The number of morpholine rings is 1. The van der Waals surface area contributed by atoms with E-state index in [1.807, 2.05) is 6.07 Å². The van der Waals surface area contributed by atoms with Crippen molar-refractivity contribution in [3.63, 3.8) is 0 Å². The van der Waals surface area contributed by atoms with Crippen LogP contribution in [0.4, 0.5) is 4.79 Å². The standard InChI is InChI=1S/C11H15NO.CH3NO2/c1-9-11(13-8-7-12-9)10-5-3-2-4-6-10;2-1(3)4/h2-6,9,11-12H,7-8H2,1H3;2H2,(H,3,4). The highest BCUT2D eigenvalue weighted by molar-refractivity contribution is 5.61. The number of primary amides is 1. The highest BCUT2D eigenvalue weighted by Crippen LogP contribution is 2.22. The lowest BCUT2D eigenvalue weighted by Crippen LogP contribution is -2.41. The lowest BCUT2D eigenvalue weighted by molar-refractivity contribution is -0.000221. The summed E-state index contributed by atoms with van der Waals surface area (Å²) in [7, 11) is 0. The highest BCUT2D eigenvalue weighted by atomic mass is 16.5. The maximum absolute atomic E-state index is 8.78. The fourth-order valence-electron chi connectivity index (χ4n) is 1.75. The normalized spacial score (nSPS) is 23.4. The van der Waals surface area contributed by atoms with Gasteiger partial charge in [-0.25, -0.2) is 4.79 Å². The van der Waals surface area contributed by atoms with Crippen LogP contribution < -0.4 is 11.1 Å². The number of ether oxygens (including phenoxy) is 1. The second-order valence-corrected chi connectivity index (χ2v) is 3.78. The molecule has 1 fully saturated rings. The summed E-state index contributed by atoms with van der Waals surface area (Å²) in [6.07, 6.45) is -1.12. The molecule has 2 unspecified atom stereocenters. The maximum atomic E-state index is 8.78. The van der Waals surface area contributed by atoms with Crippen molar-refractivity contribution in [2.24, 2.45) is 5.73 Å². The Kier molecular flexibility index (Phi) is 5.45. The predicted molar refractivity (Wildman–Crippen MR) is 64.8 cm³/mol. The molecule has 0 saturated carbocycles. The third-order valence-corrected chi connectivity index (χ3v) is 2.45. The number of hydrogen-bond donors (Lipinski definition) is 3. The number of amides is 1. The minimum Gasteiger partial charge on any atom is -0.465 e. The lowest BCUT2D eigenvalue weighted by Gasteiger charge is -2.30. The molecule has 17 heavy (non-hydrogen) atoms. The minimum absolute atomic E-state index is 0.218. The zero-order valence-corrected chi connectivity index (χ0v) is 9.80. The highest BCUT2D eigenvalue weighted by Gasteiger charge is 2.22. The van der Waals surface area contributed by atoms with Gasteiger partial charge >= 0.3 is 6.09 Å². The molecule has 0 aliphatic carbocycles. The molecule has 0 bridgehead atoms. The number of carbonyl (C=O) groups is 1. The van der Waals surface area contributed by atoms with E-state index in [2.05, 4.69) is 42.2 Å². The van der Waals surface area contributed by atoms with Gasteiger partial charge in [0.2, 0.25) is 0 Å². The molecule has 1 aliphatic heterocycles. The van der Waals surface area contributed by atoms with Gasteiger partial charge in [-0.2, -0.15) is 0 Å². The van der Waals surface area contributed by atoms with Crippen molar-refractivity contribution in [1.29, 1.82) is 0 Å². The Morgan fingerprint density at radius 1 is 1.47 bits per heavy atom. The second-order valence-electron chi connectivity index (χ2n) is 3.78. The van der Waals surface area contributed by atoms with E-state index in [0.29, 0.717) is 6.04 Å². The third-order valence-electron chi connectivity index (χ3n) is 2.45. The molecule has 1 aromatic rings. The van der Waals surface area contributed by atoms with Gasteiger partial charge in [-0.05, 0) is 12.5 Å². The van der Waals surface area contributed by atoms with Crippen LogP contribution in [0.3, 0.4) is 0 Å². The van der Waals surface area contributed by atoms with Gasteiger partial charge in [0.25, 0.3) is 0 Å². The topological polar surface area (TPSA) is 84.6 Å². The molecule has 1 aliphatic rings. The van der Waals surface area contributed by atoms with E-state index < -0.39 is 6.09 Å². The average molecular weight is 238 g/mol. The number of hydrogen-bond acceptors (Lipinski definition) is 3. The second kappa shape index (κ2) is 6.88. The predicted octanol–water partition coefficient (Wildman–Crippen LogP) is 1.36. The van der Waals surface area contributed by atoms with E-state index in [1.165, 1.54) is 5.56 Å². The van der Waals surface area contributed by atoms with Crippen molar-refractivity contribution in [2.75, 3.05) is 13.2 Å². The van der Waals surface area contributed by atoms with Gasteiger partial charge in [0.05, 0.1) is 12.7 Å². The Hall–Kier alpha value is -1.59. The van der Waals surface area contributed by atoms with Crippen molar-refractivity contribution in [1.82, 2.24) is 5.32 Å². The Morgan fingerprint density at radius 3 is 2.59 bits per heavy atom. The van der Waals surface area contributed by atoms with Crippen LogP contribution >= 0.6 is 0 Å².